The Labute approximate surface area is 111 Å². The van der Waals surface area contributed by atoms with Crippen LogP contribution >= 0.6 is 12.6 Å². The summed E-state index contributed by atoms with van der Waals surface area (Å²) in [5.74, 6) is 2.36. The molecule has 0 unspecified atom stereocenters. The highest BCUT2D eigenvalue weighted by molar-refractivity contribution is 7.80. The predicted octanol–water partition coefficient (Wildman–Crippen LogP) is 1.83. The van der Waals surface area contributed by atoms with Crippen molar-refractivity contribution in [2.24, 2.45) is 0 Å². The van der Waals surface area contributed by atoms with Crippen LogP contribution in [0.2, 0.25) is 0 Å². The van der Waals surface area contributed by atoms with Gasteiger partial charge in [-0.05, 0) is 17.7 Å². The molecule has 0 atom stereocenters. The number of pyridine rings is 1. The lowest BCUT2D eigenvalue weighted by atomic mass is 10.3. The molecule has 2 aromatic heterocycles. The molecule has 0 bridgehead atoms. The Morgan fingerprint density at radius 3 is 2.50 bits per heavy atom. The minimum Gasteiger partial charge on any atom is -0.369 e. The van der Waals surface area contributed by atoms with Crippen LogP contribution in [0.15, 0.2) is 36.9 Å². The standard InChI is InChI=1S/C12H15N5S/c18-6-5-14-11-7-12(17-9-16-11)15-8-10-1-3-13-4-2-10/h1-4,7,9,18H,5-6,8H2,(H2,14,15,16,17). The molecule has 0 radical (unpaired) electrons. The summed E-state index contributed by atoms with van der Waals surface area (Å²) < 4.78 is 0. The summed E-state index contributed by atoms with van der Waals surface area (Å²) in [6.07, 6.45) is 5.09. The van der Waals surface area contributed by atoms with Crippen LogP contribution in [0.25, 0.3) is 0 Å². The molecule has 0 aliphatic rings. The number of hydrogen-bond donors (Lipinski definition) is 3. The third-order valence-corrected chi connectivity index (χ3v) is 2.53. The second kappa shape index (κ2) is 6.80. The summed E-state index contributed by atoms with van der Waals surface area (Å²) in [5.41, 5.74) is 1.16. The van der Waals surface area contributed by atoms with Crippen molar-refractivity contribution >= 4 is 24.3 Å². The van der Waals surface area contributed by atoms with Crippen molar-refractivity contribution in [2.75, 3.05) is 22.9 Å². The molecule has 2 heterocycles. The van der Waals surface area contributed by atoms with Crippen LogP contribution in [0.1, 0.15) is 5.56 Å². The zero-order chi connectivity index (χ0) is 12.6. The van der Waals surface area contributed by atoms with Crippen molar-refractivity contribution in [1.29, 1.82) is 0 Å². The highest BCUT2D eigenvalue weighted by Gasteiger charge is 1.98. The van der Waals surface area contributed by atoms with Crippen molar-refractivity contribution in [1.82, 2.24) is 15.0 Å². The fourth-order valence-electron chi connectivity index (χ4n) is 1.43. The zero-order valence-corrected chi connectivity index (χ0v) is 10.8. The molecule has 94 valence electrons. The van der Waals surface area contributed by atoms with Gasteiger partial charge in [-0.3, -0.25) is 4.98 Å². The number of aromatic nitrogens is 3. The second-order valence-corrected chi connectivity index (χ2v) is 4.10. The Hall–Kier alpha value is -1.82. The van der Waals surface area contributed by atoms with Crippen LogP contribution in [0.4, 0.5) is 11.6 Å². The van der Waals surface area contributed by atoms with E-state index < -0.39 is 0 Å². The topological polar surface area (TPSA) is 62.7 Å². The van der Waals surface area contributed by atoms with E-state index in [0.717, 1.165) is 29.5 Å². The van der Waals surface area contributed by atoms with E-state index in [4.69, 9.17) is 0 Å². The number of anilines is 2. The normalized spacial score (nSPS) is 10.1. The van der Waals surface area contributed by atoms with Gasteiger partial charge in [0.25, 0.3) is 0 Å². The third kappa shape index (κ3) is 3.89. The maximum atomic E-state index is 4.17. The second-order valence-electron chi connectivity index (χ2n) is 3.65. The Bertz CT molecular complexity index is 477. The molecule has 0 fully saturated rings. The van der Waals surface area contributed by atoms with Gasteiger partial charge in [-0.1, -0.05) is 0 Å². The van der Waals surface area contributed by atoms with Gasteiger partial charge in [0.05, 0.1) is 0 Å². The molecule has 0 spiro atoms. The van der Waals surface area contributed by atoms with E-state index in [2.05, 4.69) is 38.2 Å². The van der Waals surface area contributed by atoms with Crippen LogP contribution in [-0.4, -0.2) is 27.2 Å². The first-order valence-corrected chi connectivity index (χ1v) is 6.31. The van der Waals surface area contributed by atoms with Crippen LogP contribution < -0.4 is 10.6 Å². The Kier molecular flexibility index (Phi) is 4.78. The molecule has 0 aliphatic carbocycles. The highest BCUT2D eigenvalue weighted by Crippen LogP contribution is 2.09. The molecule has 18 heavy (non-hydrogen) atoms. The fraction of sp³-hybridized carbons (Fsp3) is 0.250. The summed E-state index contributed by atoms with van der Waals surface area (Å²) >= 11 is 4.14. The molecule has 0 saturated carbocycles. The van der Waals surface area contributed by atoms with Gasteiger partial charge in [0.15, 0.2) is 0 Å². The lowest BCUT2D eigenvalue weighted by Gasteiger charge is -2.07. The molecular weight excluding hydrogens is 246 g/mol. The predicted molar refractivity (Wildman–Crippen MR) is 75.9 cm³/mol. The summed E-state index contributed by atoms with van der Waals surface area (Å²) in [4.78, 5) is 12.3. The molecule has 0 saturated heterocycles. The van der Waals surface area contributed by atoms with E-state index in [1.54, 1.807) is 12.4 Å². The maximum Gasteiger partial charge on any atom is 0.131 e. The molecule has 0 aliphatic heterocycles. The Morgan fingerprint density at radius 2 is 1.78 bits per heavy atom. The van der Waals surface area contributed by atoms with Crippen molar-refractivity contribution < 1.29 is 0 Å². The molecule has 5 nitrogen and oxygen atoms in total. The average Bonchev–Trinajstić information content (AvgIpc) is 2.44. The Morgan fingerprint density at radius 1 is 1.06 bits per heavy atom. The monoisotopic (exact) mass is 261 g/mol. The van der Waals surface area contributed by atoms with E-state index in [1.807, 2.05) is 18.2 Å². The van der Waals surface area contributed by atoms with Crippen LogP contribution in [0.3, 0.4) is 0 Å². The van der Waals surface area contributed by atoms with Crippen LogP contribution in [0.5, 0.6) is 0 Å². The first kappa shape index (κ1) is 12.6. The first-order valence-electron chi connectivity index (χ1n) is 5.68. The largest absolute Gasteiger partial charge is 0.369 e. The van der Waals surface area contributed by atoms with Gasteiger partial charge in [0, 0.05) is 37.3 Å². The summed E-state index contributed by atoms with van der Waals surface area (Å²) in [6.45, 7) is 1.50. The summed E-state index contributed by atoms with van der Waals surface area (Å²) in [6, 6.07) is 5.81. The number of rotatable bonds is 6. The van der Waals surface area contributed by atoms with Crippen molar-refractivity contribution in [3.8, 4) is 0 Å². The maximum absolute atomic E-state index is 4.17. The van der Waals surface area contributed by atoms with Crippen molar-refractivity contribution in [3.05, 3.63) is 42.5 Å². The highest BCUT2D eigenvalue weighted by atomic mass is 32.1. The quantitative estimate of drug-likeness (QED) is 0.692. The molecule has 6 heteroatoms. The smallest absolute Gasteiger partial charge is 0.131 e. The van der Waals surface area contributed by atoms with E-state index in [9.17, 15) is 0 Å². The molecule has 0 amide bonds. The van der Waals surface area contributed by atoms with Gasteiger partial charge in [-0.25, -0.2) is 9.97 Å². The van der Waals surface area contributed by atoms with Gasteiger partial charge in [0.1, 0.15) is 18.0 Å². The van der Waals surface area contributed by atoms with E-state index in [0.29, 0.717) is 6.54 Å². The minimum atomic E-state index is 0.714. The molecular formula is C12H15N5S. The van der Waals surface area contributed by atoms with E-state index in [1.165, 1.54) is 6.33 Å². The Balaban J connectivity index is 1.93. The number of nitrogens with zero attached hydrogens (tertiary/aromatic N) is 3. The average molecular weight is 261 g/mol. The summed E-state index contributed by atoms with van der Waals surface area (Å²) in [5, 5.41) is 6.40. The third-order valence-electron chi connectivity index (χ3n) is 2.31. The molecule has 2 rings (SSSR count). The zero-order valence-electron chi connectivity index (χ0n) is 9.87. The molecule has 2 N–H and O–H groups in total. The number of nitrogens with one attached hydrogen (secondary N) is 2. The first-order chi connectivity index (χ1) is 8.88. The molecule has 2 aromatic rings. The lowest BCUT2D eigenvalue weighted by molar-refractivity contribution is 1.06. The van der Waals surface area contributed by atoms with Crippen molar-refractivity contribution in [3.63, 3.8) is 0 Å². The van der Waals surface area contributed by atoms with Gasteiger partial charge in [-0.2, -0.15) is 12.6 Å². The van der Waals surface area contributed by atoms with E-state index in [-0.39, 0.29) is 0 Å². The van der Waals surface area contributed by atoms with Gasteiger partial charge in [-0.15, -0.1) is 0 Å². The van der Waals surface area contributed by atoms with Crippen LogP contribution in [-0.2, 0) is 6.54 Å². The molecule has 0 aromatic carbocycles. The number of hydrogen-bond acceptors (Lipinski definition) is 6. The lowest BCUT2D eigenvalue weighted by Crippen LogP contribution is -2.06. The van der Waals surface area contributed by atoms with Gasteiger partial charge >= 0.3 is 0 Å². The van der Waals surface area contributed by atoms with Gasteiger partial charge in [0.2, 0.25) is 0 Å². The SMILES string of the molecule is SCCNc1cc(NCc2ccncc2)ncn1. The van der Waals surface area contributed by atoms with E-state index >= 15 is 0 Å². The minimum absolute atomic E-state index is 0.714. The van der Waals surface area contributed by atoms with Crippen LogP contribution in [0, 0.1) is 0 Å². The van der Waals surface area contributed by atoms with Crippen molar-refractivity contribution in [2.45, 2.75) is 6.54 Å². The van der Waals surface area contributed by atoms with Gasteiger partial charge < -0.3 is 10.6 Å². The fourth-order valence-corrected chi connectivity index (χ4v) is 1.54. The summed E-state index contributed by atoms with van der Waals surface area (Å²) in [7, 11) is 0. The number of thiol groups is 1.